The summed E-state index contributed by atoms with van der Waals surface area (Å²) in [5.74, 6) is 0.832. The van der Waals surface area contributed by atoms with Gasteiger partial charge in [-0.2, -0.15) is 0 Å². The monoisotopic (exact) mass is 265 g/mol. The van der Waals surface area contributed by atoms with Gasteiger partial charge in [0.1, 0.15) is 11.3 Å². The van der Waals surface area contributed by atoms with Crippen molar-refractivity contribution in [1.29, 1.82) is 0 Å². The van der Waals surface area contributed by atoms with Gasteiger partial charge in [0.15, 0.2) is 9.84 Å². The predicted octanol–water partition coefficient (Wildman–Crippen LogP) is 1.39. The normalized spacial score (nSPS) is 20.6. The van der Waals surface area contributed by atoms with E-state index in [1.165, 1.54) is 6.26 Å². The number of fused-ring (bicyclic) bond motifs is 1. The Bertz CT molecular complexity index is 684. The maximum Gasteiger partial charge on any atom is 0.177 e. The molecule has 1 aromatic heterocycles. The quantitative estimate of drug-likeness (QED) is 0.860. The van der Waals surface area contributed by atoms with E-state index in [0.29, 0.717) is 10.4 Å². The number of rotatable bonds is 2. The van der Waals surface area contributed by atoms with Crippen LogP contribution in [-0.4, -0.2) is 31.2 Å². The van der Waals surface area contributed by atoms with E-state index in [9.17, 15) is 8.42 Å². The van der Waals surface area contributed by atoms with Gasteiger partial charge in [0.2, 0.25) is 0 Å². The maximum atomic E-state index is 11.7. The van der Waals surface area contributed by atoms with Gasteiger partial charge in [0.25, 0.3) is 0 Å². The summed E-state index contributed by atoms with van der Waals surface area (Å²) in [7, 11) is -3.24. The van der Waals surface area contributed by atoms with E-state index in [0.717, 1.165) is 30.7 Å². The average Bonchev–Trinajstić information content (AvgIpc) is 2.95. The summed E-state index contributed by atoms with van der Waals surface area (Å²) >= 11 is 0. The second-order valence-electron chi connectivity index (χ2n) is 4.70. The summed E-state index contributed by atoms with van der Waals surface area (Å²) in [6, 6.07) is 5.41. The van der Waals surface area contributed by atoms with E-state index in [1.807, 2.05) is 6.07 Å². The molecule has 2 aromatic rings. The molecule has 1 aliphatic heterocycles. The second-order valence-corrected chi connectivity index (χ2v) is 6.68. The highest BCUT2D eigenvalue weighted by molar-refractivity contribution is 7.91. The van der Waals surface area contributed by atoms with Crippen LogP contribution in [0.4, 0.5) is 0 Å². The third kappa shape index (κ3) is 1.91. The van der Waals surface area contributed by atoms with Crippen molar-refractivity contribution in [3.8, 4) is 0 Å². The molecule has 18 heavy (non-hydrogen) atoms. The summed E-state index contributed by atoms with van der Waals surface area (Å²) < 4.78 is 23.4. The van der Waals surface area contributed by atoms with E-state index in [2.05, 4.69) is 15.3 Å². The number of para-hydroxylation sites is 1. The summed E-state index contributed by atoms with van der Waals surface area (Å²) in [5, 5.41) is 3.35. The van der Waals surface area contributed by atoms with Crippen LogP contribution in [-0.2, 0) is 9.84 Å². The molecule has 2 N–H and O–H groups in total. The van der Waals surface area contributed by atoms with Crippen LogP contribution in [0.25, 0.3) is 11.0 Å². The summed E-state index contributed by atoms with van der Waals surface area (Å²) in [5.41, 5.74) is 1.32. The Labute approximate surface area is 106 Å². The second kappa shape index (κ2) is 4.07. The van der Waals surface area contributed by atoms with Gasteiger partial charge < -0.3 is 10.3 Å². The van der Waals surface area contributed by atoms with Crippen molar-refractivity contribution in [3.63, 3.8) is 0 Å². The first-order valence-electron chi connectivity index (χ1n) is 5.98. The lowest BCUT2D eigenvalue weighted by Gasteiger charge is -2.04. The molecule has 6 heteroatoms. The van der Waals surface area contributed by atoms with E-state index >= 15 is 0 Å². The highest BCUT2D eigenvalue weighted by Gasteiger charge is 2.21. The number of aromatic nitrogens is 2. The van der Waals surface area contributed by atoms with Crippen LogP contribution in [0.5, 0.6) is 0 Å². The van der Waals surface area contributed by atoms with Crippen LogP contribution in [0.15, 0.2) is 23.1 Å². The lowest BCUT2D eigenvalue weighted by molar-refractivity contribution is 0.602. The van der Waals surface area contributed by atoms with Gasteiger partial charge in [-0.3, -0.25) is 0 Å². The third-order valence-corrected chi connectivity index (χ3v) is 4.41. The first-order chi connectivity index (χ1) is 8.55. The molecule has 1 aromatic carbocycles. The molecule has 1 atom stereocenters. The van der Waals surface area contributed by atoms with Crippen LogP contribution in [0.1, 0.15) is 24.7 Å². The van der Waals surface area contributed by atoms with Crippen LogP contribution < -0.4 is 5.32 Å². The summed E-state index contributed by atoms with van der Waals surface area (Å²) in [6.07, 6.45) is 3.37. The number of nitrogens with zero attached hydrogens (tertiary/aromatic N) is 1. The topological polar surface area (TPSA) is 74.8 Å². The maximum absolute atomic E-state index is 11.7. The lowest BCUT2D eigenvalue weighted by atomic mass is 10.2. The lowest BCUT2D eigenvalue weighted by Crippen LogP contribution is -2.14. The van der Waals surface area contributed by atoms with E-state index in [-0.39, 0.29) is 6.04 Å². The molecule has 0 spiro atoms. The molecule has 1 saturated heterocycles. The van der Waals surface area contributed by atoms with Gasteiger partial charge >= 0.3 is 0 Å². The molecule has 0 amide bonds. The Morgan fingerprint density at radius 1 is 1.39 bits per heavy atom. The number of imidazole rings is 1. The standard InChI is InChI=1S/C12H15N3O2S/c1-18(16,17)10-6-2-4-8-11(10)15-12(14-8)9-5-3-7-13-9/h2,4,6,9,13H,3,5,7H2,1H3,(H,14,15). The van der Waals surface area contributed by atoms with Gasteiger partial charge in [-0.05, 0) is 31.5 Å². The van der Waals surface area contributed by atoms with Crippen molar-refractivity contribution in [2.75, 3.05) is 12.8 Å². The highest BCUT2D eigenvalue weighted by Crippen LogP contribution is 2.26. The molecule has 1 unspecified atom stereocenters. The fourth-order valence-electron chi connectivity index (χ4n) is 2.41. The fourth-order valence-corrected chi connectivity index (χ4v) is 3.24. The number of benzene rings is 1. The minimum atomic E-state index is -3.24. The average molecular weight is 265 g/mol. The number of nitrogens with one attached hydrogen (secondary N) is 2. The summed E-state index contributed by atoms with van der Waals surface area (Å²) in [4.78, 5) is 7.97. The Morgan fingerprint density at radius 3 is 2.89 bits per heavy atom. The minimum Gasteiger partial charge on any atom is -0.341 e. The molecule has 0 aliphatic carbocycles. The summed E-state index contributed by atoms with van der Waals surface area (Å²) in [6.45, 7) is 0.987. The van der Waals surface area contributed by atoms with E-state index in [4.69, 9.17) is 0 Å². The fraction of sp³-hybridized carbons (Fsp3) is 0.417. The predicted molar refractivity (Wildman–Crippen MR) is 69.2 cm³/mol. The number of H-pyrrole nitrogens is 1. The SMILES string of the molecule is CS(=O)(=O)c1cccc2[nH]c(C3CCCN3)nc12. The van der Waals surface area contributed by atoms with Crippen LogP contribution in [0.3, 0.4) is 0 Å². The van der Waals surface area contributed by atoms with Crippen LogP contribution in [0.2, 0.25) is 0 Å². The van der Waals surface area contributed by atoms with E-state index in [1.54, 1.807) is 12.1 Å². The molecule has 5 nitrogen and oxygen atoms in total. The molecule has 96 valence electrons. The van der Waals surface area contributed by atoms with Crippen molar-refractivity contribution in [2.24, 2.45) is 0 Å². The Morgan fingerprint density at radius 2 is 2.22 bits per heavy atom. The van der Waals surface area contributed by atoms with Crippen molar-refractivity contribution >= 4 is 20.9 Å². The molecule has 1 fully saturated rings. The van der Waals surface area contributed by atoms with Crippen molar-refractivity contribution < 1.29 is 8.42 Å². The first kappa shape index (κ1) is 11.7. The van der Waals surface area contributed by atoms with Gasteiger partial charge in [-0.1, -0.05) is 6.07 Å². The van der Waals surface area contributed by atoms with Gasteiger partial charge in [-0.15, -0.1) is 0 Å². The van der Waals surface area contributed by atoms with Gasteiger partial charge in [0, 0.05) is 6.26 Å². The first-order valence-corrected chi connectivity index (χ1v) is 7.87. The van der Waals surface area contributed by atoms with Crippen LogP contribution in [0, 0.1) is 0 Å². The Kier molecular flexibility index (Phi) is 2.64. The zero-order valence-electron chi connectivity index (χ0n) is 10.1. The van der Waals surface area contributed by atoms with Gasteiger partial charge in [-0.25, -0.2) is 13.4 Å². The van der Waals surface area contributed by atoms with Crippen molar-refractivity contribution in [2.45, 2.75) is 23.8 Å². The molecular formula is C12H15N3O2S. The molecule has 0 radical (unpaired) electrons. The minimum absolute atomic E-state index is 0.213. The number of hydrogen-bond donors (Lipinski definition) is 2. The van der Waals surface area contributed by atoms with Crippen molar-refractivity contribution in [3.05, 3.63) is 24.0 Å². The molecular weight excluding hydrogens is 250 g/mol. The number of hydrogen-bond acceptors (Lipinski definition) is 4. The molecule has 1 aliphatic rings. The molecule has 0 saturated carbocycles. The Hall–Kier alpha value is -1.40. The van der Waals surface area contributed by atoms with Crippen LogP contribution >= 0.6 is 0 Å². The number of sulfone groups is 1. The van der Waals surface area contributed by atoms with Gasteiger partial charge in [0.05, 0.1) is 16.5 Å². The smallest absolute Gasteiger partial charge is 0.177 e. The zero-order valence-corrected chi connectivity index (χ0v) is 10.9. The van der Waals surface area contributed by atoms with Crippen molar-refractivity contribution in [1.82, 2.24) is 15.3 Å². The number of aromatic amines is 1. The molecule has 2 heterocycles. The largest absolute Gasteiger partial charge is 0.341 e. The molecule has 0 bridgehead atoms. The van der Waals surface area contributed by atoms with E-state index < -0.39 is 9.84 Å². The Balaban J connectivity index is 2.17. The zero-order chi connectivity index (χ0) is 12.8. The third-order valence-electron chi connectivity index (χ3n) is 3.28. The highest BCUT2D eigenvalue weighted by atomic mass is 32.2. The molecule has 3 rings (SSSR count).